The Morgan fingerprint density at radius 1 is 1.25 bits per heavy atom. The largest absolute Gasteiger partial charge is 0.494 e. The lowest BCUT2D eigenvalue weighted by atomic mass is 10.0. The summed E-state index contributed by atoms with van der Waals surface area (Å²) < 4.78 is 9.86. The minimum Gasteiger partial charge on any atom is -0.494 e. The minimum absolute atomic E-state index is 0.00206. The molecule has 0 radical (unpaired) electrons. The predicted molar refractivity (Wildman–Crippen MR) is 83.4 cm³/mol. The molecule has 0 aliphatic rings. The summed E-state index contributed by atoms with van der Waals surface area (Å²) >= 11 is 11.8. The van der Waals surface area contributed by atoms with Crippen LogP contribution in [0.3, 0.4) is 0 Å². The molecule has 1 aromatic carbocycles. The first-order valence-electron chi connectivity index (χ1n) is 6.61. The fraction of sp³-hybridized carbons (Fsp3) is 0.429. The monoisotopic (exact) mass is 382 g/mol. The van der Waals surface area contributed by atoms with Gasteiger partial charge in [0.1, 0.15) is 23.9 Å². The van der Waals surface area contributed by atoms with Gasteiger partial charge in [-0.1, -0.05) is 23.2 Å². The van der Waals surface area contributed by atoms with Crippen LogP contribution in [0.4, 0.5) is 0 Å². The molecule has 4 atom stereocenters. The normalized spacial score (nSPS) is 16.0. The summed E-state index contributed by atoms with van der Waals surface area (Å²) in [4.78, 5) is 23.1. The molecule has 24 heavy (non-hydrogen) atoms. The van der Waals surface area contributed by atoms with Crippen LogP contribution in [0, 0.1) is 0 Å². The number of ether oxygens (including phenoxy) is 2. The summed E-state index contributed by atoms with van der Waals surface area (Å²) in [5, 5.41) is 37.7. The SMILES string of the molecule is COc1c(Cl)ccc(Cl)c1C(=O)OC(C(O)C=O)C(O)C(O)CO. The predicted octanol–water partition coefficient (Wildman–Crippen LogP) is -0.199. The molecule has 0 bridgehead atoms. The van der Waals surface area contributed by atoms with E-state index in [1.54, 1.807) is 0 Å². The van der Waals surface area contributed by atoms with Gasteiger partial charge < -0.3 is 34.7 Å². The maximum atomic E-state index is 12.3. The van der Waals surface area contributed by atoms with Gasteiger partial charge in [0.2, 0.25) is 0 Å². The smallest absolute Gasteiger partial charge is 0.344 e. The van der Waals surface area contributed by atoms with Gasteiger partial charge in [0.25, 0.3) is 0 Å². The van der Waals surface area contributed by atoms with Crippen LogP contribution < -0.4 is 4.74 Å². The molecule has 1 aromatic rings. The molecule has 8 nitrogen and oxygen atoms in total. The highest BCUT2D eigenvalue weighted by atomic mass is 35.5. The van der Waals surface area contributed by atoms with E-state index in [4.69, 9.17) is 37.8 Å². The lowest BCUT2D eigenvalue weighted by Gasteiger charge is -2.27. The summed E-state index contributed by atoms with van der Waals surface area (Å²) in [6.45, 7) is -0.887. The second-order valence-electron chi connectivity index (χ2n) is 4.67. The molecule has 1 rings (SSSR count). The first kappa shape index (κ1) is 20.6. The van der Waals surface area contributed by atoms with Crippen molar-refractivity contribution in [2.24, 2.45) is 0 Å². The van der Waals surface area contributed by atoms with Gasteiger partial charge in [-0.3, -0.25) is 0 Å². The summed E-state index contributed by atoms with van der Waals surface area (Å²) in [7, 11) is 1.23. The van der Waals surface area contributed by atoms with E-state index in [9.17, 15) is 24.9 Å². The third-order valence-corrected chi connectivity index (χ3v) is 3.72. The molecule has 0 amide bonds. The quantitative estimate of drug-likeness (QED) is 0.358. The number of carbonyl (C=O) groups excluding carboxylic acids is 2. The number of methoxy groups -OCH3 is 1. The highest BCUT2D eigenvalue weighted by molar-refractivity contribution is 6.37. The number of carbonyl (C=O) groups is 2. The van der Waals surface area contributed by atoms with Crippen molar-refractivity contribution in [1.29, 1.82) is 0 Å². The van der Waals surface area contributed by atoms with Crippen molar-refractivity contribution in [2.75, 3.05) is 13.7 Å². The number of rotatable bonds is 8. The first-order valence-corrected chi connectivity index (χ1v) is 7.37. The molecule has 0 heterocycles. The van der Waals surface area contributed by atoms with E-state index in [0.717, 1.165) is 0 Å². The van der Waals surface area contributed by atoms with E-state index in [-0.39, 0.29) is 27.6 Å². The van der Waals surface area contributed by atoms with Crippen molar-refractivity contribution in [1.82, 2.24) is 0 Å². The molecule has 10 heteroatoms. The average Bonchev–Trinajstić information content (AvgIpc) is 2.58. The number of hydrogen-bond donors (Lipinski definition) is 4. The zero-order valence-electron chi connectivity index (χ0n) is 12.4. The highest BCUT2D eigenvalue weighted by Crippen LogP contribution is 2.34. The molecule has 134 valence electrons. The second-order valence-corrected chi connectivity index (χ2v) is 5.49. The molecular formula is C14H16Cl2O8. The molecule has 0 fully saturated rings. The Morgan fingerprint density at radius 3 is 2.33 bits per heavy atom. The molecule has 0 saturated carbocycles. The number of aldehydes is 1. The number of esters is 1. The second kappa shape index (κ2) is 9.16. The standard InChI is InChI=1S/C14H16Cl2O8/c1-23-12-7(16)3-2-6(15)10(12)14(22)24-13(9(20)5-18)11(21)8(19)4-17/h2-3,5,8-9,11,13,17,19-21H,4H2,1H3. The molecule has 4 unspecified atom stereocenters. The van der Waals surface area contributed by atoms with Gasteiger partial charge in [-0.15, -0.1) is 0 Å². The summed E-state index contributed by atoms with van der Waals surface area (Å²) in [5.41, 5.74) is -0.291. The van der Waals surface area contributed by atoms with Crippen LogP contribution in [0.15, 0.2) is 12.1 Å². The zero-order chi connectivity index (χ0) is 18.4. The third kappa shape index (κ3) is 4.56. The summed E-state index contributed by atoms with van der Waals surface area (Å²) in [6.07, 6.45) is -7.48. The highest BCUT2D eigenvalue weighted by Gasteiger charge is 2.36. The molecular weight excluding hydrogens is 367 g/mol. The Kier molecular flexibility index (Phi) is 7.88. The Labute approximate surface area is 147 Å². The van der Waals surface area contributed by atoms with Crippen molar-refractivity contribution < 1.29 is 39.5 Å². The number of aliphatic hydroxyl groups excluding tert-OH is 4. The topological polar surface area (TPSA) is 134 Å². The minimum atomic E-state index is -1.95. The number of hydrogen-bond acceptors (Lipinski definition) is 8. The van der Waals surface area contributed by atoms with Crippen LogP contribution in [-0.4, -0.2) is 70.8 Å². The molecule has 0 saturated heterocycles. The lowest BCUT2D eigenvalue weighted by molar-refractivity contribution is -0.138. The van der Waals surface area contributed by atoms with E-state index in [1.165, 1.54) is 19.2 Å². The van der Waals surface area contributed by atoms with Gasteiger partial charge >= 0.3 is 5.97 Å². The molecule has 0 aliphatic carbocycles. The van der Waals surface area contributed by atoms with Crippen LogP contribution in [0.1, 0.15) is 10.4 Å². The van der Waals surface area contributed by atoms with Crippen molar-refractivity contribution >= 4 is 35.5 Å². The first-order chi connectivity index (χ1) is 11.3. The lowest BCUT2D eigenvalue weighted by Crippen LogP contribution is -2.49. The Bertz CT molecular complexity index is 594. The van der Waals surface area contributed by atoms with E-state index in [2.05, 4.69) is 0 Å². The van der Waals surface area contributed by atoms with Crippen molar-refractivity contribution in [3.05, 3.63) is 27.7 Å². The number of benzene rings is 1. The molecule has 0 aliphatic heterocycles. The zero-order valence-corrected chi connectivity index (χ0v) is 13.9. The maximum absolute atomic E-state index is 12.3. The summed E-state index contributed by atoms with van der Waals surface area (Å²) in [6, 6.07) is 2.68. The summed E-state index contributed by atoms with van der Waals surface area (Å²) in [5.74, 6) is -1.26. The average molecular weight is 383 g/mol. The van der Waals surface area contributed by atoms with Crippen LogP contribution in [-0.2, 0) is 9.53 Å². The van der Waals surface area contributed by atoms with E-state index >= 15 is 0 Å². The van der Waals surface area contributed by atoms with Gasteiger partial charge in [0, 0.05) is 0 Å². The number of halogens is 2. The maximum Gasteiger partial charge on any atom is 0.344 e. The van der Waals surface area contributed by atoms with Crippen LogP contribution in [0.25, 0.3) is 0 Å². The van der Waals surface area contributed by atoms with Gasteiger partial charge in [0.15, 0.2) is 18.1 Å². The van der Waals surface area contributed by atoms with E-state index < -0.39 is 37.0 Å². The van der Waals surface area contributed by atoms with E-state index in [1.807, 2.05) is 0 Å². The van der Waals surface area contributed by atoms with Gasteiger partial charge in [-0.25, -0.2) is 4.79 Å². The van der Waals surface area contributed by atoms with Crippen molar-refractivity contribution in [3.8, 4) is 5.75 Å². The Morgan fingerprint density at radius 2 is 1.83 bits per heavy atom. The molecule has 4 N–H and O–H groups in total. The Hall–Kier alpha value is -1.42. The third-order valence-electron chi connectivity index (χ3n) is 3.10. The fourth-order valence-electron chi connectivity index (χ4n) is 1.85. The number of aliphatic hydroxyl groups is 4. The van der Waals surface area contributed by atoms with Crippen LogP contribution in [0.2, 0.25) is 10.0 Å². The van der Waals surface area contributed by atoms with Gasteiger partial charge in [0.05, 0.1) is 23.8 Å². The van der Waals surface area contributed by atoms with Gasteiger partial charge in [-0.05, 0) is 12.1 Å². The van der Waals surface area contributed by atoms with Crippen LogP contribution in [0.5, 0.6) is 5.75 Å². The molecule has 0 spiro atoms. The van der Waals surface area contributed by atoms with Gasteiger partial charge in [-0.2, -0.15) is 0 Å². The fourth-order valence-corrected chi connectivity index (χ4v) is 2.31. The van der Waals surface area contributed by atoms with E-state index in [0.29, 0.717) is 0 Å². The molecule has 0 aromatic heterocycles. The van der Waals surface area contributed by atoms with Crippen molar-refractivity contribution in [3.63, 3.8) is 0 Å². The Balaban J connectivity index is 3.18. The van der Waals surface area contributed by atoms with Crippen molar-refractivity contribution in [2.45, 2.75) is 24.4 Å². The van der Waals surface area contributed by atoms with Crippen LogP contribution >= 0.6 is 23.2 Å².